The quantitative estimate of drug-likeness (QED) is 0.0358. The molecule has 0 spiro atoms. The van der Waals surface area contributed by atoms with Crippen molar-refractivity contribution in [3.63, 3.8) is 0 Å². The first-order valence-corrected chi connectivity index (χ1v) is 16.7. The molecule has 2 rings (SSSR count). The number of carbonyl (C=O) groups excluding carboxylic acids is 4. The van der Waals surface area contributed by atoms with Crippen molar-refractivity contribution in [1.82, 2.24) is 16.0 Å². The second-order valence-electron chi connectivity index (χ2n) is 12.4. The van der Waals surface area contributed by atoms with Crippen LogP contribution >= 0.6 is 0 Å². The van der Waals surface area contributed by atoms with Crippen molar-refractivity contribution >= 4 is 46.2 Å². The first kappa shape index (κ1) is 40.6. The van der Waals surface area contributed by atoms with Gasteiger partial charge in [0.05, 0.1) is 6.04 Å². The van der Waals surface area contributed by atoms with E-state index in [1.807, 2.05) is 0 Å². The molecule has 1 aromatic carbocycles. The summed E-state index contributed by atoms with van der Waals surface area (Å²) in [5.74, 6) is -2.45. The lowest BCUT2D eigenvalue weighted by atomic mass is 10.0. The Labute approximate surface area is 286 Å². The maximum Gasteiger partial charge on any atom is 0.336 e. The van der Waals surface area contributed by atoms with Gasteiger partial charge in [-0.1, -0.05) is 13.8 Å². The van der Waals surface area contributed by atoms with E-state index in [2.05, 4.69) is 26.3 Å². The predicted octanol–water partition coefficient (Wildman–Crippen LogP) is -0.211. The van der Waals surface area contributed by atoms with Crippen LogP contribution in [0, 0.1) is 12.8 Å². The summed E-state index contributed by atoms with van der Waals surface area (Å²) in [5.41, 5.74) is 29.1. The van der Waals surface area contributed by atoms with Gasteiger partial charge >= 0.3 is 5.63 Å². The van der Waals surface area contributed by atoms with Crippen LogP contribution in [-0.2, 0) is 19.2 Å². The molecule has 14 N–H and O–H groups in total. The van der Waals surface area contributed by atoms with Crippen LogP contribution < -0.4 is 55.6 Å². The molecule has 4 unspecified atom stereocenters. The molecule has 0 fully saturated rings. The second-order valence-corrected chi connectivity index (χ2v) is 12.4. The largest absolute Gasteiger partial charge is 0.423 e. The summed E-state index contributed by atoms with van der Waals surface area (Å²) in [5, 5.41) is 11.8. The summed E-state index contributed by atoms with van der Waals surface area (Å²) in [7, 11) is 0. The number of nitrogens with two attached hydrogens (primary N) is 5. The lowest BCUT2D eigenvalue weighted by molar-refractivity contribution is -0.133. The number of anilines is 1. The number of hydrogen-bond acceptors (Lipinski definition) is 10. The molecule has 1 aromatic heterocycles. The minimum atomic E-state index is -1.06. The number of nitrogens with one attached hydrogen (secondary N) is 4. The zero-order valence-corrected chi connectivity index (χ0v) is 28.8. The molecule has 4 amide bonds. The highest BCUT2D eigenvalue weighted by Gasteiger charge is 2.30. The normalized spacial score (nSPS) is 13.6. The average molecular weight is 687 g/mol. The average Bonchev–Trinajstić information content (AvgIpc) is 3.04. The predicted molar refractivity (Wildman–Crippen MR) is 190 cm³/mol. The zero-order chi connectivity index (χ0) is 36.5. The summed E-state index contributed by atoms with van der Waals surface area (Å²) >= 11 is 0. The fraction of sp³-hybridized carbons (Fsp3) is 0.576. The number of carbonyl (C=O) groups is 4. The van der Waals surface area contributed by atoms with Gasteiger partial charge in [-0.2, -0.15) is 0 Å². The van der Waals surface area contributed by atoms with Crippen LogP contribution in [0.15, 0.2) is 38.5 Å². The van der Waals surface area contributed by atoms with Crippen molar-refractivity contribution in [2.75, 3.05) is 25.0 Å². The number of hydrogen-bond donors (Lipinski definition) is 9. The van der Waals surface area contributed by atoms with E-state index in [4.69, 9.17) is 33.1 Å². The lowest BCUT2D eigenvalue weighted by Gasteiger charge is -2.26. The van der Waals surface area contributed by atoms with E-state index in [9.17, 15) is 24.0 Å². The van der Waals surface area contributed by atoms with Crippen molar-refractivity contribution in [2.24, 2.45) is 39.6 Å². The molecule has 0 aliphatic carbocycles. The molecule has 0 aliphatic rings. The molecular weight excluding hydrogens is 632 g/mol. The van der Waals surface area contributed by atoms with Gasteiger partial charge in [0.2, 0.25) is 23.6 Å². The highest BCUT2D eigenvalue weighted by molar-refractivity contribution is 6.00. The fourth-order valence-corrected chi connectivity index (χ4v) is 5.04. The van der Waals surface area contributed by atoms with Crippen molar-refractivity contribution < 1.29 is 23.6 Å². The van der Waals surface area contributed by atoms with E-state index in [1.54, 1.807) is 32.9 Å². The Kier molecular flexibility index (Phi) is 17.2. The molecule has 0 saturated heterocycles. The smallest absolute Gasteiger partial charge is 0.336 e. The van der Waals surface area contributed by atoms with E-state index < -0.39 is 53.4 Å². The molecular formula is C33H54N10O6. The monoisotopic (exact) mass is 686 g/mol. The van der Waals surface area contributed by atoms with Crippen LogP contribution in [0.2, 0.25) is 0 Å². The highest BCUT2D eigenvalue weighted by atomic mass is 16.4. The van der Waals surface area contributed by atoms with E-state index in [-0.39, 0.29) is 37.7 Å². The molecule has 0 bridgehead atoms. The van der Waals surface area contributed by atoms with Gasteiger partial charge in [0.1, 0.15) is 23.7 Å². The van der Waals surface area contributed by atoms with E-state index in [0.717, 1.165) is 5.56 Å². The number of aliphatic imine (C=N–C) groups is 1. The van der Waals surface area contributed by atoms with Crippen LogP contribution in [-0.4, -0.2) is 73.4 Å². The maximum atomic E-state index is 13.8. The Bertz CT molecular complexity index is 1490. The lowest BCUT2D eigenvalue weighted by Crippen LogP contribution is -2.57. The van der Waals surface area contributed by atoms with Crippen LogP contribution in [0.1, 0.15) is 70.8 Å². The molecule has 0 saturated carbocycles. The van der Waals surface area contributed by atoms with Crippen LogP contribution in [0.25, 0.3) is 11.0 Å². The molecule has 0 aliphatic heterocycles. The standard InChI is InChI=1S/C33H54N10O6/c1-19(2)28(36)32(48)43-24(10-5-7-15-35)31(47)41-23(9-4-6-14-34)30(46)42-25(11-8-16-39-33(37)38)29(45)40-21-12-13-22-20(3)17-27(44)49-26(22)18-21/h12-13,17-19,23-25,28H,4-11,14-16,34-36H2,1-3H3,(H,40,45)(H,41,47)(H,42,46)(H,43,48)(H4,37,38,39). The summed E-state index contributed by atoms with van der Waals surface area (Å²) < 4.78 is 5.30. The number of rotatable bonds is 21. The maximum absolute atomic E-state index is 13.8. The number of amides is 4. The Morgan fingerprint density at radius 2 is 1.31 bits per heavy atom. The van der Waals surface area contributed by atoms with Gasteiger partial charge in [0.25, 0.3) is 0 Å². The third-order valence-corrected chi connectivity index (χ3v) is 7.98. The van der Waals surface area contributed by atoms with Crippen LogP contribution in [0.5, 0.6) is 0 Å². The summed E-state index contributed by atoms with van der Waals surface area (Å²) in [4.78, 5) is 69.5. The number of unbranched alkanes of at least 4 members (excludes halogenated alkanes) is 2. The summed E-state index contributed by atoms with van der Waals surface area (Å²) in [6.45, 7) is 6.38. The van der Waals surface area contributed by atoms with Gasteiger partial charge in [-0.15, -0.1) is 0 Å². The van der Waals surface area contributed by atoms with E-state index in [1.165, 1.54) is 12.1 Å². The van der Waals surface area contributed by atoms with Gasteiger partial charge in [-0.25, -0.2) is 4.79 Å². The Hall–Kier alpha value is -4.54. The van der Waals surface area contributed by atoms with Gasteiger partial charge in [0.15, 0.2) is 5.96 Å². The second kappa shape index (κ2) is 20.7. The van der Waals surface area contributed by atoms with Crippen LogP contribution in [0.4, 0.5) is 5.69 Å². The van der Waals surface area contributed by atoms with Crippen molar-refractivity contribution in [1.29, 1.82) is 0 Å². The highest BCUT2D eigenvalue weighted by Crippen LogP contribution is 2.21. The number of fused-ring (bicyclic) bond motifs is 1. The Morgan fingerprint density at radius 3 is 1.84 bits per heavy atom. The number of nitrogens with zero attached hydrogens (tertiary/aromatic N) is 1. The molecule has 16 heteroatoms. The molecule has 2 aromatic rings. The third kappa shape index (κ3) is 13.8. The third-order valence-electron chi connectivity index (χ3n) is 7.98. The van der Waals surface area contributed by atoms with Gasteiger partial charge in [-0.3, -0.25) is 24.2 Å². The first-order chi connectivity index (χ1) is 23.3. The summed E-state index contributed by atoms with van der Waals surface area (Å²) in [6.07, 6.45) is 3.33. The molecule has 272 valence electrons. The van der Waals surface area contributed by atoms with Crippen molar-refractivity contribution in [3.8, 4) is 0 Å². The van der Waals surface area contributed by atoms with Crippen molar-refractivity contribution in [3.05, 3.63) is 40.2 Å². The number of benzene rings is 1. The Morgan fingerprint density at radius 1 is 0.776 bits per heavy atom. The molecule has 1 heterocycles. The topological polar surface area (TPSA) is 289 Å². The number of guanidine groups is 1. The minimum absolute atomic E-state index is 0.108. The molecule has 4 atom stereocenters. The van der Waals surface area contributed by atoms with E-state index >= 15 is 0 Å². The fourth-order valence-electron chi connectivity index (χ4n) is 5.04. The van der Waals surface area contributed by atoms with Crippen molar-refractivity contribution in [2.45, 2.75) is 96.3 Å². The minimum Gasteiger partial charge on any atom is -0.423 e. The van der Waals surface area contributed by atoms with Gasteiger partial charge in [-0.05, 0) is 95.0 Å². The van der Waals surface area contributed by atoms with Gasteiger partial charge < -0.3 is 54.4 Å². The SMILES string of the molecule is Cc1cc(=O)oc2cc(NC(=O)C(CCCN=C(N)N)NC(=O)C(CCCCN)NC(=O)C(CCCCN)NC(=O)C(N)C(C)C)ccc12. The van der Waals surface area contributed by atoms with Crippen LogP contribution in [0.3, 0.4) is 0 Å². The summed E-state index contributed by atoms with van der Waals surface area (Å²) in [6, 6.07) is 2.40. The molecule has 49 heavy (non-hydrogen) atoms. The molecule has 0 radical (unpaired) electrons. The van der Waals surface area contributed by atoms with Gasteiger partial charge in [0, 0.05) is 29.8 Å². The number of aryl methyl sites for hydroxylation is 1. The van der Waals surface area contributed by atoms with E-state index in [0.29, 0.717) is 61.9 Å². The first-order valence-electron chi connectivity index (χ1n) is 16.7. The Balaban J connectivity index is 2.31. The molecule has 16 nitrogen and oxygen atoms in total. The zero-order valence-electron chi connectivity index (χ0n) is 28.8.